The molecule has 0 amide bonds. The average molecular weight is 235 g/mol. The lowest BCUT2D eigenvalue weighted by Gasteiger charge is -2.24. The normalized spacial score (nSPS) is 13.5. The Morgan fingerprint density at radius 1 is 1.41 bits per heavy atom. The van der Waals surface area contributed by atoms with Gasteiger partial charge in [0.25, 0.3) is 0 Å². The van der Waals surface area contributed by atoms with Crippen molar-refractivity contribution in [3.63, 3.8) is 0 Å². The van der Waals surface area contributed by atoms with E-state index in [0.29, 0.717) is 6.42 Å². The highest BCUT2D eigenvalue weighted by Crippen LogP contribution is 2.30. The molecule has 0 saturated carbocycles. The average Bonchev–Trinajstić information content (AvgIpc) is 2.20. The molecule has 3 nitrogen and oxygen atoms in total. The number of carbonyl (C=O) groups is 1. The highest BCUT2D eigenvalue weighted by molar-refractivity contribution is 5.73. The number of benzene rings is 1. The van der Waals surface area contributed by atoms with Crippen LogP contribution in [0.2, 0.25) is 0 Å². The van der Waals surface area contributed by atoms with Crippen LogP contribution in [0.25, 0.3) is 0 Å². The van der Waals surface area contributed by atoms with E-state index in [2.05, 4.69) is 0 Å². The van der Waals surface area contributed by atoms with Crippen LogP contribution in [0.5, 0.6) is 0 Å². The van der Waals surface area contributed by atoms with Crippen LogP contribution in [0.1, 0.15) is 43.0 Å². The molecule has 0 aliphatic heterocycles. The Morgan fingerprint density at radius 2 is 2.00 bits per heavy atom. The first-order valence-corrected chi connectivity index (χ1v) is 5.80. The van der Waals surface area contributed by atoms with E-state index < -0.39 is 11.4 Å². The molecular weight excluding hydrogens is 214 g/mol. The third kappa shape index (κ3) is 3.30. The lowest BCUT2D eigenvalue weighted by atomic mass is 9.83. The Kier molecular flexibility index (Phi) is 3.94. The zero-order valence-corrected chi connectivity index (χ0v) is 10.9. The van der Waals surface area contributed by atoms with Crippen LogP contribution in [0, 0.1) is 19.3 Å². The molecule has 0 spiro atoms. The molecule has 1 unspecified atom stereocenters. The van der Waals surface area contributed by atoms with Crippen molar-refractivity contribution in [2.75, 3.05) is 0 Å². The van der Waals surface area contributed by atoms with Crippen molar-refractivity contribution < 1.29 is 9.90 Å². The van der Waals surface area contributed by atoms with Crippen LogP contribution in [0.4, 0.5) is 0 Å². The minimum Gasteiger partial charge on any atom is -0.481 e. The van der Waals surface area contributed by atoms with Crippen LogP contribution >= 0.6 is 0 Å². The third-order valence-electron chi connectivity index (χ3n) is 3.14. The fourth-order valence-corrected chi connectivity index (χ4v) is 1.91. The topological polar surface area (TPSA) is 63.3 Å². The first-order valence-electron chi connectivity index (χ1n) is 5.80. The summed E-state index contributed by atoms with van der Waals surface area (Å²) in [7, 11) is 0. The Balaban J connectivity index is 2.94. The molecule has 1 aromatic rings. The van der Waals surface area contributed by atoms with E-state index in [-0.39, 0.29) is 6.04 Å². The zero-order chi connectivity index (χ0) is 13.2. The Labute approximate surface area is 103 Å². The number of carboxylic acid groups (broad SMARTS) is 1. The van der Waals surface area contributed by atoms with E-state index in [1.807, 2.05) is 32.0 Å². The standard InChI is InChI=1S/C14H21NO2/c1-9-5-6-10(2)11(7-9)12(15)8-14(3,4)13(16)17/h5-7,12H,8,15H2,1-4H3,(H,16,17). The summed E-state index contributed by atoms with van der Waals surface area (Å²) in [4.78, 5) is 11.1. The van der Waals surface area contributed by atoms with Crippen molar-refractivity contribution >= 4 is 5.97 Å². The SMILES string of the molecule is Cc1ccc(C)c(C(N)CC(C)(C)C(=O)O)c1. The smallest absolute Gasteiger partial charge is 0.309 e. The predicted octanol–water partition coefficient (Wildman–Crippen LogP) is 2.80. The molecule has 1 atom stereocenters. The molecule has 17 heavy (non-hydrogen) atoms. The molecular formula is C14H21NO2. The zero-order valence-electron chi connectivity index (χ0n) is 10.9. The first kappa shape index (κ1) is 13.7. The van der Waals surface area contributed by atoms with Gasteiger partial charge in [0.1, 0.15) is 0 Å². The van der Waals surface area contributed by atoms with Gasteiger partial charge in [0, 0.05) is 6.04 Å². The van der Waals surface area contributed by atoms with Crippen molar-refractivity contribution in [1.82, 2.24) is 0 Å². The van der Waals surface area contributed by atoms with Crippen molar-refractivity contribution in [3.05, 3.63) is 34.9 Å². The maximum atomic E-state index is 11.1. The van der Waals surface area contributed by atoms with Crippen LogP contribution in [-0.2, 0) is 4.79 Å². The molecule has 0 radical (unpaired) electrons. The fourth-order valence-electron chi connectivity index (χ4n) is 1.91. The van der Waals surface area contributed by atoms with Gasteiger partial charge in [-0.25, -0.2) is 0 Å². The maximum Gasteiger partial charge on any atom is 0.309 e. The second-order valence-electron chi connectivity index (χ2n) is 5.36. The second kappa shape index (κ2) is 4.88. The number of hydrogen-bond acceptors (Lipinski definition) is 2. The van der Waals surface area contributed by atoms with Gasteiger partial charge in [0.2, 0.25) is 0 Å². The highest BCUT2D eigenvalue weighted by Gasteiger charge is 2.30. The first-order chi connectivity index (χ1) is 7.74. The van der Waals surface area contributed by atoms with Gasteiger partial charge < -0.3 is 10.8 Å². The van der Waals surface area contributed by atoms with Gasteiger partial charge in [-0.2, -0.15) is 0 Å². The number of hydrogen-bond donors (Lipinski definition) is 2. The van der Waals surface area contributed by atoms with Gasteiger partial charge in [0.15, 0.2) is 0 Å². The summed E-state index contributed by atoms with van der Waals surface area (Å²) in [6.45, 7) is 7.43. The lowest BCUT2D eigenvalue weighted by molar-refractivity contribution is -0.147. The van der Waals surface area contributed by atoms with Crippen LogP contribution in [-0.4, -0.2) is 11.1 Å². The van der Waals surface area contributed by atoms with Gasteiger partial charge in [-0.05, 0) is 45.2 Å². The van der Waals surface area contributed by atoms with E-state index in [1.165, 1.54) is 0 Å². The minimum atomic E-state index is -0.807. The molecule has 0 aliphatic carbocycles. The van der Waals surface area contributed by atoms with Crippen molar-refractivity contribution in [1.29, 1.82) is 0 Å². The summed E-state index contributed by atoms with van der Waals surface area (Å²) in [5.74, 6) is -0.807. The third-order valence-corrected chi connectivity index (χ3v) is 3.14. The Bertz CT molecular complexity index is 424. The fraction of sp³-hybridized carbons (Fsp3) is 0.500. The lowest BCUT2D eigenvalue weighted by Crippen LogP contribution is -2.29. The van der Waals surface area contributed by atoms with Gasteiger partial charge >= 0.3 is 5.97 Å². The summed E-state index contributed by atoms with van der Waals surface area (Å²) >= 11 is 0. The van der Waals surface area contributed by atoms with Gasteiger partial charge in [0.05, 0.1) is 5.41 Å². The number of aliphatic carboxylic acids is 1. The second-order valence-corrected chi connectivity index (χ2v) is 5.36. The van der Waals surface area contributed by atoms with Crippen LogP contribution < -0.4 is 5.73 Å². The van der Waals surface area contributed by atoms with Crippen molar-refractivity contribution in [3.8, 4) is 0 Å². The minimum absolute atomic E-state index is 0.235. The van der Waals surface area contributed by atoms with Crippen molar-refractivity contribution in [2.45, 2.75) is 40.2 Å². The molecule has 0 aromatic heterocycles. The molecule has 1 rings (SSSR count). The monoisotopic (exact) mass is 235 g/mol. The van der Waals surface area contributed by atoms with E-state index in [4.69, 9.17) is 10.8 Å². The van der Waals surface area contributed by atoms with E-state index >= 15 is 0 Å². The molecule has 0 bridgehead atoms. The summed E-state index contributed by atoms with van der Waals surface area (Å²) < 4.78 is 0. The van der Waals surface area contributed by atoms with Gasteiger partial charge in [-0.1, -0.05) is 23.8 Å². The molecule has 3 N–H and O–H groups in total. The van der Waals surface area contributed by atoms with E-state index in [0.717, 1.165) is 16.7 Å². The van der Waals surface area contributed by atoms with Crippen LogP contribution in [0.15, 0.2) is 18.2 Å². The molecule has 94 valence electrons. The summed E-state index contributed by atoms with van der Waals surface area (Å²) in [5, 5.41) is 9.11. The van der Waals surface area contributed by atoms with Crippen molar-refractivity contribution in [2.24, 2.45) is 11.1 Å². The highest BCUT2D eigenvalue weighted by atomic mass is 16.4. The maximum absolute atomic E-state index is 11.1. The summed E-state index contributed by atoms with van der Waals surface area (Å²) in [6.07, 6.45) is 0.437. The quantitative estimate of drug-likeness (QED) is 0.843. The van der Waals surface area contributed by atoms with E-state index in [1.54, 1.807) is 13.8 Å². The molecule has 0 fully saturated rings. The Morgan fingerprint density at radius 3 is 2.53 bits per heavy atom. The molecule has 0 heterocycles. The number of nitrogens with two attached hydrogens (primary N) is 1. The number of rotatable bonds is 4. The Hall–Kier alpha value is -1.35. The molecule has 1 aromatic carbocycles. The largest absolute Gasteiger partial charge is 0.481 e. The van der Waals surface area contributed by atoms with Gasteiger partial charge in [-0.15, -0.1) is 0 Å². The van der Waals surface area contributed by atoms with Crippen LogP contribution in [0.3, 0.4) is 0 Å². The number of carboxylic acids is 1. The molecule has 3 heteroatoms. The van der Waals surface area contributed by atoms with E-state index in [9.17, 15) is 4.79 Å². The molecule has 0 aliphatic rings. The van der Waals surface area contributed by atoms with Gasteiger partial charge in [-0.3, -0.25) is 4.79 Å². The summed E-state index contributed by atoms with van der Waals surface area (Å²) in [6, 6.07) is 5.87. The molecule has 0 saturated heterocycles. The summed E-state index contributed by atoms with van der Waals surface area (Å²) in [5.41, 5.74) is 8.63. The predicted molar refractivity (Wildman–Crippen MR) is 68.9 cm³/mol. The number of aryl methyl sites for hydroxylation is 2.